The average molecular weight is 264 g/mol. The Hall–Kier alpha value is -2.57. The SMILES string of the molecule is COC(=O)CCC(=O)Nc1ccc2oc(=O)[nH]c2c1. The van der Waals surface area contributed by atoms with Crippen molar-refractivity contribution in [2.45, 2.75) is 12.8 Å². The maximum absolute atomic E-state index is 11.6. The molecule has 100 valence electrons. The molecular formula is C12H12N2O5. The van der Waals surface area contributed by atoms with Gasteiger partial charge < -0.3 is 14.5 Å². The van der Waals surface area contributed by atoms with Crippen molar-refractivity contribution < 1.29 is 18.7 Å². The van der Waals surface area contributed by atoms with E-state index in [1.165, 1.54) is 7.11 Å². The van der Waals surface area contributed by atoms with Crippen molar-refractivity contribution in [1.29, 1.82) is 0 Å². The summed E-state index contributed by atoms with van der Waals surface area (Å²) >= 11 is 0. The molecule has 1 heterocycles. The Labute approximate surface area is 107 Å². The number of fused-ring (bicyclic) bond motifs is 1. The quantitative estimate of drug-likeness (QED) is 0.802. The predicted molar refractivity (Wildman–Crippen MR) is 66.7 cm³/mol. The summed E-state index contributed by atoms with van der Waals surface area (Å²) in [6.45, 7) is 0. The number of aromatic amines is 1. The summed E-state index contributed by atoms with van der Waals surface area (Å²) in [6.07, 6.45) is 0.0553. The molecule has 0 atom stereocenters. The number of ether oxygens (including phenoxy) is 1. The van der Waals surface area contributed by atoms with E-state index in [1.54, 1.807) is 18.2 Å². The fraction of sp³-hybridized carbons (Fsp3) is 0.250. The first-order valence-corrected chi connectivity index (χ1v) is 5.58. The zero-order valence-corrected chi connectivity index (χ0v) is 10.2. The number of aromatic nitrogens is 1. The molecule has 1 aromatic carbocycles. The second-order valence-electron chi connectivity index (χ2n) is 3.85. The van der Waals surface area contributed by atoms with Crippen molar-refractivity contribution in [3.63, 3.8) is 0 Å². The van der Waals surface area contributed by atoms with Crippen LogP contribution in [0.2, 0.25) is 0 Å². The fourth-order valence-electron chi connectivity index (χ4n) is 1.57. The molecule has 0 saturated carbocycles. The number of carbonyl (C=O) groups is 2. The highest BCUT2D eigenvalue weighted by molar-refractivity contribution is 5.94. The number of hydrogen-bond donors (Lipinski definition) is 2. The smallest absolute Gasteiger partial charge is 0.417 e. The standard InChI is InChI=1S/C12H12N2O5/c1-18-11(16)5-4-10(15)13-7-2-3-9-8(6-7)14-12(17)19-9/h2-3,6H,4-5H2,1H3,(H,13,15)(H,14,17). The number of H-pyrrole nitrogens is 1. The largest absolute Gasteiger partial charge is 0.469 e. The molecule has 0 aliphatic heterocycles. The highest BCUT2D eigenvalue weighted by Gasteiger charge is 2.08. The first-order chi connectivity index (χ1) is 9.08. The van der Waals surface area contributed by atoms with Gasteiger partial charge >= 0.3 is 11.7 Å². The molecular weight excluding hydrogens is 252 g/mol. The van der Waals surface area contributed by atoms with E-state index < -0.39 is 11.7 Å². The second kappa shape index (κ2) is 5.38. The van der Waals surface area contributed by atoms with Gasteiger partial charge in [-0.15, -0.1) is 0 Å². The van der Waals surface area contributed by atoms with E-state index >= 15 is 0 Å². The topological polar surface area (TPSA) is 101 Å². The van der Waals surface area contributed by atoms with Crippen LogP contribution >= 0.6 is 0 Å². The van der Waals surface area contributed by atoms with Gasteiger partial charge in [0.1, 0.15) is 0 Å². The molecule has 0 bridgehead atoms. The van der Waals surface area contributed by atoms with Gasteiger partial charge in [0.2, 0.25) is 5.91 Å². The fourth-order valence-corrected chi connectivity index (χ4v) is 1.57. The van der Waals surface area contributed by atoms with Crippen LogP contribution in [-0.4, -0.2) is 24.0 Å². The summed E-state index contributed by atoms with van der Waals surface area (Å²) in [5, 5.41) is 2.61. The van der Waals surface area contributed by atoms with Gasteiger partial charge in [0.05, 0.1) is 19.0 Å². The van der Waals surface area contributed by atoms with Crippen LogP contribution in [0.25, 0.3) is 11.1 Å². The van der Waals surface area contributed by atoms with E-state index in [2.05, 4.69) is 15.0 Å². The zero-order chi connectivity index (χ0) is 13.8. The van der Waals surface area contributed by atoms with Crippen LogP contribution in [0.3, 0.4) is 0 Å². The number of anilines is 1. The number of esters is 1. The van der Waals surface area contributed by atoms with Crippen LogP contribution in [-0.2, 0) is 14.3 Å². The van der Waals surface area contributed by atoms with E-state index in [-0.39, 0.29) is 18.7 Å². The molecule has 1 amide bonds. The van der Waals surface area contributed by atoms with Crippen molar-refractivity contribution in [2.24, 2.45) is 0 Å². The lowest BCUT2D eigenvalue weighted by molar-refractivity contribution is -0.141. The molecule has 0 spiro atoms. The summed E-state index contributed by atoms with van der Waals surface area (Å²) < 4.78 is 9.28. The molecule has 2 N–H and O–H groups in total. The Morgan fingerprint density at radius 3 is 2.89 bits per heavy atom. The number of amides is 1. The number of rotatable bonds is 4. The lowest BCUT2D eigenvalue weighted by atomic mass is 10.2. The monoisotopic (exact) mass is 264 g/mol. The number of carbonyl (C=O) groups excluding carboxylic acids is 2. The van der Waals surface area contributed by atoms with E-state index in [0.29, 0.717) is 16.8 Å². The predicted octanol–water partition coefficient (Wildman–Crippen LogP) is 1.01. The third-order valence-corrected chi connectivity index (χ3v) is 2.49. The van der Waals surface area contributed by atoms with Gasteiger partial charge in [0.25, 0.3) is 0 Å². The van der Waals surface area contributed by atoms with Gasteiger partial charge in [0, 0.05) is 12.1 Å². The third-order valence-electron chi connectivity index (χ3n) is 2.49. The van der Waals surface area contributed by atoms with Crippen molar-refractivity contribution in [1.82, 2.24) is 4.98 Å². The van der Waals surface area contributed by atoms with Crippen LogP contribution < -0.4 is 11.1 Å². The molecule has 0 saturated heterocycles. The summed E-state index contributed by atoms with van der Waals surface area (Å²) in [4.78, 5) is 35.9. The molecule has 0 unspecified atom stereocenters. The molecule has 0 radical (unpaired) electrons. The molecule has 0 fully saturated rings. The Bertz CT molecular complexity index is 670. The number of methoxy groups -OCH3 is 1. The lowest BCUT2D eigenvalue weighted by Crippen LogP contribution is -2.13. The lowest BCUT2D eigenvalue weighted by Gasteiger charge is -2.04. The third kappa shape index (κ3) is 3.21. The zero-order valence-electron chi connectivity index (χ0n) is 10.2. The van der Waals surface area contributed by atoms with Gasteiger partial charge in [-0.25, -0.2) is 4.79 Å². The second-order valence-corrected chi connectivity index (χ2v) is 3.85. The molecule has 0 aliphatic carbocycles. The number of nitrogens with one attached hydrogen (secondary N) is 2. The minimum absolute atomic E-state index is 0.0210. The highest BCUT2D eigenvalue weighted by atomic mass is 16.5. The summed E-state index contributed by atoms with van der Waals surface area (Å²) in [6, 6.07) is 4.76. The molecule has 1 aromatic heterocycles. The van der Waals surface area contributed by atoms with Gasteiger partial charge in [-0.3, -0.25) is 14.6 Å². The van der Waals surface area contributed by atoms with Gasteiger partial charge in [-0.2, -0.15) is 0 Å². The van der Waals surface area contributed by atoms with Crippen LogP contribution in [0.1, 0.15) is 12.8 Å². The molecule has 0 aliphatic rings. The number of hydrogen-bond acceptors (Lipinski definition) is 5. The Balaban J connectivity index is 2.02. The number of benzene rings is 1. The Morgan fingerprint density at radius 1 is 1.37 bits per heavy atom. The molecule has 7 nitrogen and oxygen atoms in total. The molecule has 2 rings (SSSR count). The van der Waals surface area contributed by atoms with Gasteiger partial charge in [-0.05, 0) is 18.2 Å². The molecule has 19 heavy (non-hydrogen) atoms. The first-order valence-electron chi connectivity index (χ1n) is 5.58. The first kappa shape index (κ1) is 12.9. The van der Waals surface area contributed by atoms with Crippen LogP contribution in [0, 0.1) is 0 Å². The van der Waals surface area contributed by atoms with Gasteiger partial charge in [0.15, 0.2) is 5.58 Å². The number of oxazole rings is 1. The average Bonchev–Trinajstić information content (AvgIpc) is 2.75. The summed E-state index contributed by atoms with van der Waals surface area (Å²) in [5.41, 5.74) is 1.42. The summed E-state index contributed by atoms with van der Waals surface area (Å²) in [7, 11) is 1.27. The van der Waals surface area contributed by atoms with E-state index in [0.717, 1.165) is 0 Å². The molecule has 2 aromatic rings. The van der Waals surface area contributed by atoms with Crippen LogP contribution in [0.5, 0.6) is 0 Å². The molecule has 7 heteroatoms. The van der Waals surface area contributed by atoms with E-state index in [4.69, 9.17) is 4.42 Å². The highest BCUT2D eigenvalue weighted by Crippen LogP contribution is 2.16. The van der Waals surface area contributed by atoms with Crippen molar-refractivity contribution >= 4 is 28.7 Å². The summed E-state index contributed by atoms with van der Waals surface area (Å²) in [5.74, 6) is -1.30. The van der Waals surface area contributed by atoms with E-state index in [1.807, 2.05) is 0 Å². The van der Waals surface area contributed by atoms with Crippen molar-refractivity contribution in [3.05, 3.63) is 28.7 Å². The van der Waals surface area contributed by atoms with Crippen molar-refractivity contribution in [3.8, 4) is 0 Å². The maximum Gasteiger partial charge on any atom is 0.417 e. The Kier molecular flexibility index (Phi) is 3.65. The van der Waals surface area contributed by atoms with Gasteiger partial charge in [-0.1, -0.05) is 0 Å². The Morgan fingerprint density at radius 2 is 2.16 bits per heavy atom. The minimum Gasteiger partial charge on any atom is -0.469 e. The van der Waals surface area contributed by atoms with Crippen molar-refractivity contribution in [2.75, 3.05) is 12.4 Å². The van der Waals surface area contributed by atoms with E-state index in [9.17, 15) is 14.4 Å². The normalized spacial score (nSPS) is 10.4. The maximum atomic E-state index is 11.6. The van der Waals surface area contributed by atoms with Crippen LogP contribution in [0.4, 0.5) is 5.69 Å². The minimum atomic E-state index is -0.552. The van der Waals surface area contributed by atoms with Crippen LogP contribution in [0.15, 0.2) is 27.4 Å².